The zero-order valence-electron chi connectivity index (χ0n) is 7.84. The standard InChI is InChI=1S/C9H6N2O4S/c12-6-3-7(11-4-10-6)16-8-2-1-5(15-8)9(13)14/h1-4H,(H,13,14)(H,10,11,12). The molecule has 0 radical (unpaired) electrons. The maximum Gasteiger partial charge on any atom is 0.371 e. The van der Waals surface area contributed by atoms with Gasteiger partial charge in [0.15, 0.2) is 5.09 Å². The number of nitrogens with zero attached hydrogens (tertiary/aromatic N) is 1. The number of rotatable bonds is 3. The van der Waals surface area contributed by atoms with E-state index in [2.05, 4.69) is 9.97 Å². The number of furan rings is 1. The van der Waals surface area contributed by atoms with E-state index in [-0.39, 0.29) is 11.3 Å². The number of aromatic nitrogens is 2. The Kier molecular flexibility index (Phi) is 2.78. The summed E-state index contributed by atoms with van der Waals surface area (Å²) in [7, 11) is 0. The van der Waals surface area contributed by atoms with Crippen LogP contribution in [-0.4, -0.2) is 21.0 Å². The number of aromatic amines is 1. The fraction of sp³-hybridized carbons (Fsp3) is 0. The molecule has 6 nitrogen and oxygen atoms in total. The summed E-state index contributed by atoms with van der Waals surface area (Å²) >= 11 is 1.08. The van der Waals surface area contributed by atoms with E-state index < -0.39 is 5.97 Å². The lowest BCUT2D eigenvalue weighted by Crippen LogP contribution is -2.03. The Labute approximate surface area is 93.3 Å². The first-order chi connectivity index (χ1) is 7.65. The predicted octanol–water partition coefficient (Wildman–Crippen LogP) is 1.21. The molecular weight excluding hydrogens is 232 g/mol. The highest BCUT2D eigenvalue weighted by Crippen LogP contribution is 2.26. The van der Waals surface area contributed by atoms with Gasteiger partial charge in [0.05, 0.1) is 6.33 Å². The summed E-state index contributed by atoms with van der Waals surface area (Å²) in [4.78, 5) is 27.8. The maximum atomic E-state index is 11.0. The van der Waals surface area contributed by atoms with Crippen LogP contribution in [0, 0.1) is 0 Å². The quantitative estimate of drug-likeness (QED) is 0.780. The van der Waals surface area contributed by atoms with Crippen molar-refractivity contribution in [2.45, 2.75) is 10.1 Å². The molecule has 7 heteroatoms. The summed E-state index contributed by atoms with van der Waals surface area (Å²) in [5.41, 5.74) is -0.275. The van der Waals surface area contributed by atoms with E-state index in [1.54, 1.807) is 0 Å². The highest BCUT2D eigenvalue weighted by atomic mass is 32.2. The van der Waals surface area contributed by atoms with Crippen molar-refractivity contribution in [2.75, 3.05) is 0 Å². The predicted molar refractivity (Wildman–Crippen MR) is 54.6 cm³/mol. The van der Waals surface area contributed by atoms with E-state index in [9.17, 15) is 9.59 Å². The molecule has 0 aromatic carbocycles. The Hall–Kier alpha value is -2.02. The Morgan fingerprint density at radius 2 is 2.31 bits per heavy atom. The molecule has 0 aliphatic heterocycles. The third-order valence-electron chi connectivity index (χ3n) is 1.65. The number of carboxylic acid groups (broad SMARTS) is 1. The molecule has 0 bridgehead atoms. The number of carboxylic acids is 1. The lowest BCUT2D eigenvalue weighted by atomic mass is 10.5. The van der Waals surface area contributed by atoms with Gasteiger partial charge >= 0.3 is 5.97 Å². The normalized spacial score (nSPS) is 10.2. The average molecular weight is 238 g/mol. The molecule has 0 saturated carbocycles. The monoisotopic (exact) mass is 238 g/mol. The second kappa shape index (κ2) is 4.23. The fourth-order valence-electron chi connectivity index (χ4n) is 0.999. The molecule has 0 fully saturated rings. The summed E-state index contributed by atoms with van der Waals surface area (Å²) in [6.45, 7) is 0. The second-order valence-electron chi connectivity index (χ2n) is 2.78. The highest BCUT2D eigenvalue weighted by molar-refractivity contribution is 7.99. The third kappa shape index (κ3) is 2.31. The molecule has 16 heavy (non-hydrogen) atoms. The van der Waals surface area contributed by atoms with E-state index in [4.69, 9.17) is 9.52 Å². The van der Waals surface area contributed by atoms with Crippen molar-refractivity contribution in [3.63, 3.8) is 0 Å². The van der Waals surface area contributed by atoms with Crippen LogP contribution in [0.4, 0.5) is 0 Å². The molecule has 2 heterocycles. The van der Waals surface area contributed by atoms with Crippen LogP contribution >= 0.6 is 11.8 Å². The molecule has 2 aromatic rings. The Balaban J connectivity index is 2.20. The van der Waals surface area contributed by atoms with Gasteiger partial charge in [0.2, 0.25) is 5.76 Å². The zero-order valence-corrected chi connectivity index (χ0v) is 8.65. The number of hydrogen-bond acceptors (Lipinski definition) is 5. The molecular formula is C9H6N2O4S. The van der Waals surface area contributed by atoms with Crippen LogP contribution in [0.3, 0.4) is 0 Å². The van der Waals surface area contributed by atoms with Crippen LogP contribution in [0.2, 0.25) is 0 Å². The minimum atomic E-state index is -1.13. The molecule has 0 spiro atoms. The molecule has 82 valence electrons. The lowest BCUT2D eigenvalue weighted by Gasteiger charge is -1.94. The summed E-state index contributed by atoms with van der Waals surface area (Å²) in [5.74, 6) is -1.28. The maximum absolute atomic E-state index is 11.0. The molecule has 2 rings (SSSR count). The number of carbonyl (C=O) groups is 1. The first-order valence-corrected chi connectivity index (χ1v) is 5.02. The number of nitrogens with one attached hydrogen (secondary N) is 1. The second-order valence-corrected chi connectivity index (χ2v) is 3.80. The Morgan fingerprint density at radius 3 is 2.94 bits per heavy atom. The average Bonchev–Trinajstić information content (AvgIpc) is 2.66. The van der Waals surface area contributed by atoms with E-state index >= 15 is 0 Å². The summed E-state index contributed by atoms with van der Waals surface area (Å²) in [6, 6.07) is 4.16. The number of H-pyrrole nitrogens is 1. The highest BCUT2D eigenvalue weighted by Gasteiger charge is 2.10. The smallest absolute Gasteiger partial charge is 0.371 e. The topological polar surface area (TPSA) is 96.2 Å². The first-order valence-electron chi connectivity index (χ1n) is 4.21. The Morgan fingerprint density at radius 1 is 1.50 bits per heavy atom. The minimum Gasteiger partial charge on any atom is -0.475 e. The van der Waals surface area contributed by atoms with Gasteiger partial charge in [0.1, 0.15) is 5.03 Å². The van der Waals surface area contributed by atoms with Gasteiger partial charge in [-0.15, -0.1) is 0 Å². The van der Waals surface area contributed by atoms with Crippen molar-refractivity contribution in [3.8, 4) is 0 Å². The SMILES string of the molecule is O=C(O)c1ccc(Sc2cc(=O)[nH]cn2)o1. The number of hydrogen-bond donors (Lipinski definition) is 2. The van der Waals surface area contributed by atoms with Gasteiger partial charge in [-0.1, -0.05) is 0 Å². The summed E-state index contributed by atoms with van der Waals surface area (Å²) < 4.78 is 5.00. The van der Waals surface area contributed by atoms with Crippen molar-refractivity contribution in [2.24, 2.45) is 0 Å². The molecule has 0 aliphatic carbocycles. The van der Waals surface area contributed by atoms with E-state index in [0.717, 1.165) is 11.8 Å². The fourth-order valence-corrected chi connectivity index (χ4v) is 1.74. The van der Waals surface area contributed by atoms with Gasteiger partial charge in [0, 0.05) is 6.07 Å². The molecule has 0 amide bonds. The van der Waals surface area contributed by atoms with Crippen LogP contribution < -0.4 is 5.56 Å². The molecule has 0 unspecified atom stereocenters. The van der Waals surface area contributed by atoms with Crippen molar-refractivity contribution < 1.29 is 14.3 Å². The van der Waals surface area contributed by atoms with Crippen LogP contribution in [0.15, 0.2) is 43.9 Å². The van der Waals surface area contributed by atoms with Gasteiger partial charge in [-0.3, -0.25) is 4.79 Å². The van der Waals surface area contributed by atoms with Crippen molar-refractivity contribution in [1.82, 2.24) is 9.97 Å². The van der Waals surface area contributed by atoms with Gasteiger partial charge < -0.3 is 14.5 Å². The van der Waals surface area contributed by atoms with Crippen LogP contribution in [0.1, 0.15) is 10.6 Å². The Bertz CT molecular complexity index is 575. The van der Waals surface area contributed by atoms with Crippen molar-refractivity contribution >= 4 is 17.7 Å². The number of aromatic carboxylic acids is 1. The van der Waals surface area contributed by atoms with E-state index in [0.29, 0.717) is 10.1 Å². The van der Waals surface area contributed by atoms with Gasteiger partial charge in [-0.25, -0.2) is 9.78 Å². The van der Waals surface area contributed by atoms with Crippen LogP contribution in [0.5, 0.6) is 0 Å². The minimum absolute atomic E-state index is 0.146. The van der Waals surface area contributed by atoms with E-state index in [1.165, 1.54) is 24.5 Å². The molecule has 2 aromatic heterocycles. The van der Waals surface area contributed by atoms with Crippen molar-refractivity contribution in [1.29, 1.82) is 0 Å². The first kappa shape index (κ1) is 10.5. The summed E-state index contributed by atoms with van der Waals surface area (Å²) in [5, 5.41) is 9.45. The van der Waals surface area contributed by atoms with Crippen LogP contribution in [-0.2, 0) is 0 Å². The molecule has 0 atom stereocenters. The lowest BCUT2D eigenvalue weighted by molar-refractivity contribution is 0.0656. The van der Waals surface area contributed by atoms with Crippen LogP contribution in [0.25, 0.3) is 0 Å². The molecule has 0 aliphatic rings. The molecule has 0 saturated heterocycles. The zero-order chi connectivity index (χ0) is 11.5. The summed E-state index contributed by atoms with van der Waals surface area (Å²) in [6.07, 6.45) is 1.27. The van der Waals surface area contributed by atoms with Gasteiger partial charge in [-0.05, 0) is 23.9 Å². The molecule has 2 N–H and O–H groups in total. The largest absolute Gasteiger partial charge is 0.475 e. The van der Waals surface area contributed by atoms with Crippen molar-refractivity contribution in [3.05, 3.63) is 40.6 Å². The third-order valence-corrected chi connectivity index (χ3v) is 2.50. The van der Waals surface area contributed by atoms with Gasteiger partial charge in [-0.2, -0.15) is 0 Å². The van der Waals surface area contributed by atoms with Gasteiger partial charge in [0.25, 0.3) is 5.56 Å². The van der Waals surface area contributed by atoms with E-state index in [1.807, 2.05) is 0 Å².